The summed E-state index contributed by atoms with van der Waals surface area (Å²) in [5, 5.41) is 8.92. The number of thioether (sulfide) groups is 1. The molecule has 0 radical (unpaired) electrons. The molecule has 0 bridgehead atoms. The summed E-state index contributed by atoms with van der Waals surface area (Å²) < 4.78 is 10.0. The summed E-state index contributed by atoms with van der Waals surface area (Å²) in [5.74, 6) is -0.204. The van der Waals surface area contributed by atoms with Gasteiger partial charge in [0, 0.05) is 13.2 Å². The van der Waals surface area contributed by atoms with Gasteiger partial charge < -0.3 is 19.6 Å². The average Bonchev–Trinajstić information content (AvgIpc) is 2.79. The number of hydrogen-bond acceptors (Lipinski definition) is 5. The van der Waals surface area contributed by atoms with Crippen LogP contribution in [0.4, 0.5) is 0 Å². The SMILES string of the molecule is COCC(Sc1nc2ccc(OC)cc2[nH]1)C(=O)O. The van der Waals surface area contributed by atoms with Gasteiger partial charge in [-0.05, 0) is 12.1 Å². The lowest BCUT2D eigenvalue weighted by atomic mass is 10.3. The number of rotatable bonds is 6. The van der Waals surface area contributed by atoms with E-state index in [4.69, 9.17) is 14.6 Å². The van der Waals surface area contributed by atoms with Crippen LogP contribution >= 0.6 is 11.8 Å². The summed E-state index contributed by atoms with van der Waals surface area (Å²) in [7, 11) is 3.06. The molecule has 1 atom stereocenters. The van der Waals surface area contributed by atoms with Gasteiger partial charge in [0.1, 0.15) is 11.0 Å². The molecule has 1 aromatic heterocycles. The van der Waals surface area contributed by atoms with Gasteiger partial charge in [-0.15, -0.1) is 0 Å². The molecule has 2 aromatic rings. The molecule has 0 amide bonds. The molecule has 2 rings (SSSR count). The first-order valence-electron chi connectivity index (χ1n) is 5.56. The van der Waals surface area contributed by atoms with Crippen molar-refractivity contribution in [2.45, 2.75) is 10.4 Å². The number of hydrogen-bond donors (Lipinski definition) is 2. The highest BCUT2D eigenvalue weighted by molar-refractivity contribution is 8.00. The lowest BCUT2D eigenvalue weighted by Crippen LogP contribution is -2.21. The number of aromatic nitrogens is 2. The van der Waals surface area contributed by atoms with Crippen LogP contribution in [0, 0.1) is 0 Å². The molecule has 0 saturated heterocycles. The number of carbonyl (C=O) groups is 1. The van der Waals surface area contributed by atoms with Gasteiger partial charge in [0.25, 0.3) is 0 Å². The van der Waals surface area contributed by atoms with Crippen molar-refractivity contribution in [2.75, 3.05) is 20.8 Å². The molecule has 0 aliphatic rings. The van der Waals surface area contributed by atoms with Crippen LogP contribution in [0.3, 0.4) is 0 Å². The second-order valence-corrected chi connectivity index (χ2v) is 5.02. The zero-order valence-electron chi connectivity index (χ0n) is 10.5. The molecule has 7 heteroatoms. The highest BCUT2D eigenvalue weighted by atomic mass is 32.2. The number of carboxylic acids is 1. The van der Waals surface area contributed by atoms with Gasteiger partial charge in [-0.3, -0.25) is 4.79 Å². The van der Waals surface area contributed by atoms with Crippen LogP contribution in [0.25, 0.3) is 11.0 Å². The van der Waals surface area contributed by atoms with Gasteiger partial charge in [0.05, 0.1) is 24.8 Å². The number of carboxylic acid groups (broad SMARTS) is 1. The Bertz CT molecular complexity index is 584. The number of aliphatic carboxylic acids is 1. The molecule has 0 spiro atoms. The van der Waals surface area contributed by atoms with E-state index >= 15 is 0 Å². The number of aromatic amines is 1. The van der Waals surface area contributed by atoms with Gasteiger partial charge in [-0.2, -0.15) is 0 Å². The lowest BCUT2D eigenvalue weighted by molar-refractivity contribution is -0.137. The number of imidazole rings is 1. The van der Waals surface area contributed by atoms with Crippen molar-refractivity contribution in [3.63, 3.8) is 0 Å². The Kier molecular flexibility index (Phi) is 4.28. The van der Waals surface area contributed by atoms with Crippen molar-refractivity contribution in [3.8, 4) is 5.75 Å². The van der Waals surface area contributed by atoms with Crippen LogP contribution in [-0.4, -0.2) is 47.1 Å². The van der Waals surface area contributed by atoms with Crippen LogP contribution in [0.5, 0.6) is 5.75 Å². The Hall–Kier alpha value is -1.73. The number of nitrogens with one attached hydrogen (secondary N) is 1. The molecule has 0 aliphatic carbocycles. The van der Waals surface area contributed by atoms with E-state index in [1.165, 1.54) is 7.11 Å². The van der Waals surface area contributed by atoms with Crippen LogP contribution in [0.1, 0.15) is 0 Å². The summed E-state index contributed by atoms with van der Waals surface area (Å²) in [6.07, 6.45) is 0. The third-order valence-electron chi connectivity index (χ3n) is 2.51. The molecule has 1 aromatic carbocycles. The van der Waals surface area contributed by atoms with Gasteiger partial charge >= 0.3 is 5.97 Å². The minimum atomic E-state index is -0.926. The zero-order chi connectivity index (χ0) is 13.8. The molecule has 1 heterocycles. The van der Waals surface area contributed by atoms with E-state index in [0.29, 0.717) is 5.16 Å². The summed E-state index contributed by atoms with van der Waals surface area (Å²) in [6.45, 7) is 0.125. The minimum absolute atomic E-state index is 0.125. The first-order chi connectivity index (χ1) is 9.13. The Labute approximate surface area is 114 Å². The second kappa shape index (κ2) is 5.94. The smallest absolute Gasteiger partial charge is 0.319 e. The normalized spacial score (nSPS) is 12.5. The van der Waals surface area contributed by atoms with Crippen molar-refractivity contribution in [1.29, 1.82) is 0 Å². The highest BCUT2D eigenvalue weighted by Crippen LogP contribution is 2.26. The maximum atomic E-state index is 11.0. The van der Waals surface area contributed by atoms with Gasteiger partial charge in [-0.1, -0.05) is 11.8 Å². The number of nitrogens with zero attached hydrogens (tertiary/aromatic N) is 1. The first-order valence-corrected chi connectivity index (χ1v) is 6.44. The maximum Gasteiger partial charge on any atom is 0.319 e. The van der Waals surface area contributed by atoms with Gasteiger partial charge in [0.15, 0.2) is 5.16 Å². The van der Waals surface area contributed by atoms with E-state index < -0.39 is 11.2 Å². The predicted octanol–water partition coefficient (Wildman–Crippen LogP) is 1.76. The van der Waals surface area contributed by atoms with Gasteiger partial charge in [-0.25, -0.2) is 4.98 Å². The average molecular weight is 282 g/mol. The predicted molar refractivity (Wildman–Crippen MR) is 71.8 cm³/mol. The number of H-pyrrole nitrogens is 1. The Balaban J connectivity index is 2.22. The van der Waals surface area contributed by atoms with Crippen molar-refractivity contribution in [3.05, 3.63) is 18.2 Å². The van der Waals surface area contributed by atoms with Gasteiger partial charge in [0.2, 0.25) is 0 Å². The second-order valence-electron chi connectivity index (χ2n) is 3.83. The molecule has 6 nitrogen and oxygen atoms in total. The van der Waals surface area contributed by atoms with Crippen LogP contribution in [-0.2, 0) is 9.53 Å². The monoisotopic (exact) mass is 282 g/mol. The molecule has 19 heavy (non-hydrogen) atoms. The van der Waals surface area contributed by atoms with E-state index in [9.17, 15) is 4.79 Å². The number of ether oxygens (including phenoxy) is 2. The van der Waals surface area contributed by atoms with Crippen molar-refractivity contribution >= 4 is 28.8 Å². The Morgan fingerprint density at radius 2 is 2.32 bits per heavy atom. The highest BCUT2D eigenvalue weighted by Gasteiger charge is 2.20. The third-order valence-corrected chi connectivity index (χ3v) is 3.55. The zero-order valence-corrected chi connectivity index (χ0v) is 11.4. The first kappa shape index (κ1) is 13.7. The maximum absolute atomic E-state index is 11.0. The Morgan fingerprint density at radius 1 is 1.53 bits per heavy atom. The number of fused-ring (bicyclic) bond motifs is 1. The molecule has 102 valence electrons. The number of methoxy groups -OCH3 is 2. The molecule has 0 saturated carbocycles. The molecule has 0 aliphatic heterocycles. The molecular weight excluding hydrogens is 268 g/mol. The van der Waals surface area contributed by atoms with Crippen LogP contribution in [0.2, 0.25) is 0 Å². The Morgan fingerprint density at radius 3 is 2.95 bits per heavy atom. The van der Waals surface area contributed by atoms with E-state index in [1.54, 1.807) is 13.2 Å². The summed E-state index contributed by atoms with van der Waals surface area (Å²) in [4.78, 5) is 18.4. The third kappa shape index (κ3) is 3.18. The van der Waals surface area contributed by atoms with Crippen LogP contribution < -0.4 is 4.74 Å². The van der Waals surface area contributed by atoms with E-state index in [2.05, 4.69) is 9.97 Å². The van der Waals surface area contributed by atoms with E-state index in [1.807, 2.05) is 12.1 Å². The minimum Gasteiger partial charge on any atom is -0.497 e. The van der Waals surface area contributed by atoms with Crippen molar-refractivity contribution in [1.82, 2.24) is 9.97 Å². The largest absolute Gasteiger partial charge is 0.497 e. The summed E-state index contributed by atoms with van der Waals surface area (Å²) in [5.41, 5.74) is 1.58. The van der Waals surface area contributed by atoms with Crippen LogP contribution in [0.15, 0.2) is 23.4 Å². The quantitative estimate of drug-likeness (QED) is 0.785. The molecule has 0 fully saturated rings. The molecule has 2 N–H and O–H groups in total. The van der Waals surface area contributed by atoms with E-state index in [0.717, 1.165) is 28.5 Å². The molecular formula is C12H14N2O4S. The van der Waals surface area contributed by atoms with Crippen molar-refractivity contribution < 1.29 is 19.4 Å². The standard InChI is InChI=1S/C12H14N2O4S/c1-17-6-10(11(15)16)19-12-13-8-4-3-7(18-2)5-9(8)14-12/h3-5,10H,6H2,1-2H3,(H,13,14)(H,15,16). The fourth-order valence-corrected chi connectivity index (χ4v) is 2.48. The topological polar surface area (TPSA) is 84.4 Å². The fourth-order valence-electron chi connectivity index (χ4n) is 1.59. The van der Waals surface area contributed by atoms with Crippen molar-refractivity contribution in [2.24, 2.45) is 0 Å². The fraction of sp³-hybridized carbons (Fsp3) is 0.333. The summed E-state index contributed by atoms with van der Waals surface area (Å²) in [6, 6.07) is 5.45. The van der Waals surface area contributed by atoms with E-state index in [-0.39, 0.29) is 6.61 Å². The molecule has 1 unspecified atom stereocenters. The lowest BCUT2D eigenvalue weighted by Gasteiger charge is -2.07. The summed E-state index contributed by atoms with van der Waals surface area (Å²) >= 11 is 1.13. The number of benzene rings is 1.